The van der Waals surface area contributed by atoms with Gasteiger partial charge < -0.3 is 88.6 Å². The van der Waals surface area contributed by atoms with E-state index >= 15 is 0 Å². The van der Waals surface area contributed by atoms with Crippen LogP contribution in [0.5, 0.6) is 0 Å². The van der Waals surface area contributed by atoms with Crippen molar-refractivity contribution in [3.63, 3.8) is 0 Å². The molecule has 0 radical (unpaired) electrons. The summed E-state index contributed by atoms with van der Waals surface area (Å²) in [4.78, 5) is 61.8. The molecule has 4 aromatic rings. The number of rotatable bonds is 22. The molecular formula is C55H64N10O18. The third-order valence-corrected chi connectivity index (χ3v) is 14.6. The number of ether oxygens (including phenoxy) is 10. The molecular weight excluding hydrogens is 1090 g/mol. The highest BCUT2D eigenvalue weighted by Crippen LogP contribution is 2.38. The summed E-state index contributed by atoms with van der Waals surface area (Å²) in [6.45, 7) is -1.50. The average Bonchev–Trinajstić information content (AvgIpc) is 4.16. The molecule has 442 valence electrons. The average molecular weight is 1150 g/mol. The largest absolute Gasteiger partial charge is 0.445 e. The van der Waals surface area contributed by atoms with Gasteiger partial charge >= 0.3 is 24.4 Å². The molecule has 4 amide bonds. The van der Waals surface area contributed by atoms with Crippen LogP contribution < -0.4 is 16.0 Å². The lowest BCUT2D eigenvalue weighted by Crippen LogP contribution is -2.66. The second-order valence-corrected chi connectivity index (χ2v) is 20.2. The molecule has 4 aromatic carbocycles. The zero-order valence-electron chi connectivity index (χ0n) is 44.6. The summed E-state index contributed by atoms with van der Waals surface area (Å²) in [5, 5.41) is 59.9. The van der Waals surface area contributed by atoms with Crippen molar-refractivity contribution < 1.29 is 87.0 Å². The molecule has 0 bridgehead atoms. The molecule has 5 aliphatic rings. The van der Waals surface area contributed by atoms with Gasteiger partial charge in [-0.25, -0.2) is 19.2 Å². The molecule has 0 unspecified atom stereocenters. The van der Waals surface area contributed by atoms with Gasteiger partial charge in [-0.1, -0.05) is 132 Å². The Morgan fingerprint density at radius 1 is 0.639 bits per heavy atom. The highest BCUT2D eigenvalue weighted by Gasteiger charge is 2.58. The van der Waals surface area contributed by atoms with Crippen LogP contribution in [0.1, 0.15) is 41.5 Å². The van der Waals surface area contributed by atoms with E-state index in [9.17, 15) is 45.1 Å². The topological polar surface area (TPSA) is 378 Å². The summed E-state index contributed by atoms with van der Waals surface area (Å²) < 4.78 is 61.3. The molecule has 4 heterocycles. The molecule has 28 heteroatoms. The molecule has 83 heavy (non-hydrogen) atoms. The van der Waals surface area contributed by atoms with E-state index in [1.807, 2.05) is 66.7 Å². The Morgan fingerprint density at radius 2 is 1.19 bits per heavy atom. The van der Waals surface area contributed by atoms with Gasteiger partial charge in [0.15, 0.2) is 25.0 Å². The zero-order valence-corrected chi connectivity index (χ0v) is 44.6. The molecule has 7 N–H and O–H groups in total. The fraction of sp³-hybridized carbons (Fsp3) is 0.491. The molecule has 5 fully saturated rings. The van der Waals surface area contributed by atoms with Crippen molar-refractivity contribution in [2.24, 2.45) is 10.2 Å². The maximum Gasteiger partial charge on any atom is 0.410 e. The Labute approximate surface area is 475 Å². The molecule has 1 aliphatic carbocycles. The van der Waals surface area contributed by atoms with Crippen molar-refractivity contribution >= 4 is 24.4 Å². The SMILES string of the molecule is [N-]=[N+]=NC[C@@H]1O[C@H](O[C@H]2[C@@H](O)[C@H](O[C@@H]3[C@H]4OC(=O)N[C@@H]4C[C@H](NC(=O)OCc4ccccc4)[C@H]3O[C@H]3O[C@H](CN(Cc4ccccc4)C(=O)OCc4ccccc4)CC[C@H]3NC(=O)OCc3ccccc3)O[C@@H]2CO)[C@H](N=[N+]=[N-])[C@@H](O)[C@@H]1O. The summed E-state index contributed by atoms with van der Waals surface area (Å²) in [7, 11) is 0. The Hall–Kier alpha value is -7.82. The highest BCUT2D eigenvalue weighted by atomic mass is 16.8. The number of fused-ring (bicyclic) bond motifs is 1. The molecule has 4 aliphatic heterocycles. The number of alkyl carbamates (subject to hydrolysis) is 3. The van der Waals surface area contributed by atoms with Crippen LogP contribution in [0.4, 0.5) is 19.2 Å². The van der Waals surface area contributed by atoms with E-state index in [2.05, 4.69) is 36.0 Å². The Morgan fingerprint density at radius 3 is 1.78 bits per heavy atom. The number of hydrogen-bond donors (Lipinski definition) is 7. The lowest BCUT2D eigenvalue weighted by Gasteiger charge is -2.46. The van der Waals surface area contributed by atoms with Crippen LogP contribution in [0.25, 0.3) is 20.9 Å². The van der Waals surface area contributed by atoms with Gasteiger partial charge in [-0.15, -0.1) is 0 Å². The van der Waals surface area contributed by atoms with Crippen molar-refractivity contribution in [3.8, 4) is 0 Å². The van der Waals surface area contributed by atoms with Gasteiger partial charge in [0.2, 0.25) is 0 Å². The Bertz CT molecular complexity index is 2860. The minimum Gasteiger partial charge on any atom is -0.445 e. The second kappa shape index (κ2) is 28.9. The Kier molecular flexibility index (Phi) is 20.8. The first-order valence-electron chi connectivity index (χ1n) is 26.9. The van der Waals surface area contributed by atoms with Crippen molar-refractivity contribution in [1.82, 2.24) is 20.9 Å². The number of aliphatic hydroxyl groups excluding tert-OH is 4. The quantitative estimate of drug-likeness (QED) is 0.0247. The smallest absolute Gasteiger partial charge is 0.410 e. The first-order valence-corrected chi connectivity index (χ1v) is 26.9. The molecule has 4 saturated heterocycles. The van der Waals surface area contributed by atoms with Gasteiger partial charge in [0, 0.05) is 16.4 Å². The molecule has 1 saturated carbocycles. The number of hydrogen-bond acceptors (Lipinski definition) is 20. The minimum absolute atomic E-state index is 0.0192. The fourth-order valence-electron chi connectivity index (χ4n) is 10.5. The standard InChI is InChI=1S/C55H64N10O18/c56-63-58-24-39-42(67)43(68)41(62-64-57)50(78-39)81-47-40(27-66)79-51(44(47)69)82-48-45(37(23-38-46(48)83-54(72)61-38)60-53(71)75-29-33-17-9-3-10-18-33)80-49-36(59-52(70)74-28-32-15-7-2-8-16-32)22-21-35(77-49)26-65(25-31-13-5-1-6-14-31)55(73)76-30-34-19-11-4-12-20-34/h1-20,35-51,66-69H,21-30H2,(H,59,70)(H,60,71)(H,61,72)/t35-,36+,37-,38+,39-,40+,41+,42+,43+,44+,45+,46-,47+,48-,49+,50+,51-/m0/s1. The normalized spacial score (nSPS) is 30.8. The first kappa shape index (κ1) is 59.8. The van der Waals surface area contributed by atoms with Crippen LogP contribution in [0.3, 0.4) is 0 Å². The lowest BCUT2D eigenvalue weighted by molar-refractivity contribution is -0.289. The third kappa shape index (κ3) is 15.6. The number of nitrogens with zero attached hydrogens (tertiary/aromatic N) is 7. The third-order valence-electron chi connectivity index (χ3n) is 14.6. The van der Waals surface area contributed by atoms with E-state index < -0.39 is 142 Å². The van der Waals surface area contributed by atoms with Gasteiger partial charge in [0.25, 0.3) is 0 Å². The van der Waals surface area contributed by atoms with E-state index in [-0.39, 0.29) is 52.2 Å². The van der Waals surface area contributed by atoms with Crippen molar-refractivity contribution in [2.45, 2.75) is 150 Å². The monoisotopic (exact) mass is 1150 g/mol. The van der Waals surface area contributed by atoms with Crippen LogP contribution in [-0.4, -0.2) is 173 Å². The van der Waals surface area contributed by atoms with Crippen LogP contribution >= 0.6 is 0 Å². The van der Waals surface area contributed by atoms with E-state index in [1.165, 1.54) is 4.90 Å². The summed E-state index contributed by atoms with van der Waals surface area (Å²) in [6, 6.07) is 31.5. The maximum atomic E-state index is 14.1. The Balaban J connectivity index is 1.02. The number of azide groups is 2. The summed E-state index contributed by atoms with van der Waals surface area (Å²) in [5.74, 6) is 0. The zero-order chi connectivity index (χ0) is 58.2. The van der Waals surface area contributed by atoms with E-state index in [4.69, 9.17) is 52.9 Å². The van der Waals surface area contributed by atoms with Gasteiger partial charge in [0.05, 0.1) is 56.1 Å². The fourth-order valence-corrected chi connectivity index (χ4v) is 10.5. The van der Waals surface area contributed by atoms with Crippen LogP contribution in [0.2, 0.25) is 0 Å². The number of amides is 4. The summed E-state index contributed by atoms with van der Waals surface area (Å²) >= 11 is 0. The van der Waals surface area contributed by atoms with Crippen LogP contribution in [0, 0.1) is 0 Å². The minimum atomic E-state index is -1.88. The van der Waals surface area contributed by atoms with Crippen LogP contribution in [-0.2, 0) is 73.7 Å². The number of nitrogens with one attached hydrogen (secondary N) is 3. The van der Waals surface area contributed by atoms with Crippen molar-refractivity contribution in [2.75, 3.05) is 19.7 Å². The molecule has 28 nitrogen and oxygen atoms in total. The van der Waals surface area contributed by atoms with Crippen molar-refractivity contribution in [3.05, 3.63) is 164 Å². The second-order valence-electron chi connectivity index (χ2n) is 20.2. The maximum absolute atomic E-state index is 14.1. The summed E-state index contributed by atoms with van der Waals surface area (Å²) in [5.41, 5.74) is 21.3. The van der Waals surface area contributed by atoms with Gasteiger partial charge in [-0.05, 0) is 52.6 Å². The lowest BCUT2D eigenvalue weighted by atomic mass is 9.83. The molecule has 0 aromatic heterocycles. The van der Waals surface area contributed by atoms with Gasteiger partial charge in [-0.2, -0.15) is 0 Å². The van der Waals surface area contributed by atoms with Crippen molar-refractivity contribution in [1.29, 1.82) is 0 Å². The van der Waals surface area contributed by atoms with E-state index in [1.54, 1.807) is 54.6 Å². The first-order chi connectivity index (χ1) is 40.4. The van der Waals surface area contributed by atoms with Gasteiger partial charge in [-0.3, -0.25) is 0 Å². The van der Waals surface area contributed by atoms with E-state index in [0.29, 0.717) is 11.1 Å². The number of carbonyl (C=O) groups is 4. The summed E-state index contributed by atoms with van der Waals surface area (Å²) in [6.07, 6.45) is -22.8. The van der Waals surface area contributed by atoms with E-state index in [0.717, 1.165) is 11.1 Å². The predicted octanol–water partition coefficient (Wildman–Crippen LogP) is 4.47. The predicted molar refractivity (Wildman–Crippen MR) is 284 cm³/mol. The highest BCUT2D eigenvalue weighted by molar-refractivity contribution is 5.71. The van der Waals surface area contributed by atoms with Crippen LogP contribution in [0.15, 0.2) is 132 Å². The van der Waals surface area contributed by atoms with Gasteiger partial charge in [0.1, 0.15) is 62.5 Å². The molecule has 17 atom stereocenters. The number of carbonyl (C=O) groups excluding carboxylic acids is 4. The number of aliphatic hydroxyl groups is 4. The molecule has 0 spiro atoms. The molecule has 9 rings (SSSR count). The number of benzene rings is 4.